The van der Waals surface area contributed by atoms with Crippen molar-refractivity contribution < 1.29 is 18.7 Å². The predicted octanol–water partition coefficient (Wildman–Crippen LogP) is 2.76. The van der Waals surface area contributed by atoms with Crippen molar-refractivity contribution in [3.63, 3.8) is 0 Å². The average molecular weight is 267 g/mol. The molecule has 0 aromatic carbocycles. The Kier molecular flexibility index (Phi) is 3.21. The highest BCUT2D eigenvalue weighted by molar-refractivity contribution is 5.87. The molecule has 0 amide bonds. The van der Waals surface area contributed by atoms with Gasteiger partial charge in [-0.05, 0) is 10.8 Å². The lowest BCUT2D eigenvalue weighted by Gasteiger charge is -2.03. The molecule has 5 heteroatoms. The van der Waals surface area contributed by atoms with Crippen molar-refractivity contribution in [1.82, 2.24) is 4.98 Å². The number of carbonyl (C=O) groups is 1. The van der Waals surface area contributed by atoms with E-state index in [4.69, 9.17) is 13.9 Å². The fourth-order valence-corrected chi connectivity index (χ4v) is 2.79. The molecule has 0 N–H and O–H groups in total. The summed E-state index contributed by atoms with van der Waals surface area (Å²) in [6.45, 7) is 8.94. The van der Waals surface area contributed by atoms with Gasteiger partial charge in [0.15, 0.2) is 5.89 Å². The Balaban J connectivity index is 2.37. The number of oxazole rings is 1. The van der Waals surface area contributed by atoms with Gasteiger partial charge in [0.1, 0.15) is 5.69 Å². The third-order valence-corrected chi connectivity index (χ3v) is 4.63. The zero-order valence-corrected chi connectivity index (χ0v) is 12.4. The maximum Gasteiger partial charge on any atom is 0.376 e. The molecule has 1 aromatic rings. The molecule has 1 fully saturated rings. The van der Waals surface area contributed by atoms with Crippen LogP contribution in [0.1, 0.15) is 55.8 Å². The number of methoxy groups -OCH3 is 2. The molecule has 0 saturated heterocycles. The van der Waals surface area contributed by atoms with Gasteiger partial charge in [-0.1, -0.05) is 27.7 Å². The molecule has 0 spiro atoms. The molecular weight excluding hydrogens is 246 g/mol. The summed E-state index contributed by atoms with van der Waals surface area (Å²) < 4.78 is 15.4. The fraction of sp³-hybridized carbons (Fsp3) is 0.714. The second-order valence-corrected chi connectivity index (χ2v) is 6.13. The Morgan fingerprint density at radius 3 is 2.26 bits per heavy atom. The lowest BCUT2D eigenvalue weighted by atomic mass is 10.0. The van der Waals surface area contributed by atoms with Crippen LogP contribution in [0.5, 0.6) is 0 Å². The van der Waals surface area contributed by atoms with Crippen LogP contribution in [0.25, 0.3) is 0 Å². The number of carbonyl (C=O) groups excluding carboxylic acids is 1. The van der Waals surface area contributed by atoms with Crippen LogP contribution in [0.15, 0.2) is 4.42 Å². The second-order valence-electron chi connectivity index (χ2n) is 6.13. The van der Waals surface area contributed by atoms with Gasteiger partial charge < -0.3 is 13.9 Å². The molecule has 0 radical (unpaired) electrons. The number of esters is 1. The molecule has 0 aliphatic heterocycles. The van der Waals surface area contributed by atoms with Crippen LogP contribution in [-0.2, 0) is 16.1 Å². The van der Waals surface area contributed by atoms with Crippen molar-refractivity contribution in [2.45, 2.75) is 40.2 Å². The summed E-state index contributed by atoms with van der Waals surface area (Å²) in [5, 5.41) is 0. The molecule has 0 unspecified atom stereocenters. The van der Waals surface area contributed by atoms with Gasteiger partial charge in [-0.15, -0.1) is 0 Å². The Morgan fingerprint density at radius 2 is 1.84 bits per heavy atom. The minimum Gasteiger partial charge on any atom is -0.463 e. The SMILES string of the molecule is COCc1nc(C2C(C)(C)C2(C)C)oc1C(=O)OC. The third kappa shape index (κ3) is 1.96. The Labute approximate surface area is 113 Å². The van der Waals surface area contributed by atoms with E-state index in [0.717, 1.165) is 0 Å². The molecule has 1 aliphatic rings. The summed E-state index contributed by atoms with van der Waals surface area (Å²) in [5.74, 6) is 0.441. The van der Waals surface area contributed by atoms with E-state index in [0.29, 0.717) is 11.6 Å². The average Bonchev–Trinajstić information content (AvgIpc) is 2.65. The first-order chi connectivity index (χ1) is 8.77. The monoisotopic (exact) mass is 267 g/mol. The summed E-state index contributed by atoms with van der Waals surface area (Å²) in [5.41, 5.74) is 0.716. The van der Waals surface area contributed by atoms with Gasteiger partial charge in [0, 0.05) is 13.0 Å². The van der Waals surface area contributed by atoms with E-state index in [1.54, 1.807) is 7.11 Å². The van der Waals surface area contributed by atoms with Crippen molar-refractivity contribution in [3.8, 4) is 0 Å². The van der Waals surface area contributed by atoms with Gasteiger partial charge in [-0.25, -0.2) is 9.78 Å². The largest absolute Gasteiger partial charge is 0.463 e. The number of rotatable bonds is 4. The first-order valence-electron chi connectivity index (χ1n) is 6.34. The maximum atomic E-state index is 11.7. The molecule has 1 heterocycles. The Bertz CT molecular complexity index is 488. The Morgan fingerprint density at radius 1 is 1.26 bits per heavy atom. The second kappa shape index (κ2) is 4.34. The zero-order chi connectivity index (χ0) is 14.4. The minimum absolute atomic E-state index is 0.107. The molecule has 19 heavy (non-hydrogen) atoms. The van der Waals surface area contributed by atoms with Crippen molar-refractivity contribution >= 4 is 5.97 Å². The summed E-state index contributed by atoms with van der Waals surface area (Å²) in [7, 11) is 2.88. The fourth-order valence-electron chi connectivity index (χ4n) is 2.79. The van der Waals surface area contributed by atoms with Gasteiger partial charge in [0.05, 0.1) is 13.7 Å². The standard InChI is InChI=1S/C14H21NO4/c1-13(2)10(14(13,3)4)11-15-8(7-17-5)9(19-11)12(16)18-6/h10H,7H2,1-6H3. The highest BCUT2D eigenvalue weighted by Gasteiger charge is 2.67. The molecule has 0 bridgehead atoms. The van der Waals surface area contributed by atoms with E-state index < -0.39 is 5.97 Å². The number of hydrogen-bond acceptors (Lipinski definition) is 5. The van der Waals surface area contributed by atoms with E-state index in [2.05, 4.69) is 32.7 Å². The van der Waals surface area contributed by atoms with Crippen LogP contribution in [0.2, 0.25) is 0 Å². The number of aromatic nitrogens is 1. The van der Waals surface area contributed by atoms with E-state index in [-0.39, 0.29) is 29.1 Å². The van der Waals surface area contributed by atoms with E-state index in [1.165, 1.54) is 7.11 Å². The van der Waals surface area contributed by atoms with E-state index >= 15 is 0 Å². The van der Waals surface area contributed by atoms with Crippen LogP contribution in [0.4, 0.5) is 0 Å². The van der Waals surface area contributed by atoms with Gasteiger partial charge in [-0.3, -0.25) is 0 Å². The summed E-state index contributed by atoms with van der Waals surface area (Å²) in [6.07, 6.45) is 0. The first-order valence-corrected chi connectivity index (χ1v) is 6.34. The third-order valence-electron chi connectivity index (χ3n) is 4.63. The normalized spacial score (nSPS) is 20.3. The van der Waals surface area contributed by atoms with E-state index in [9.17, 15) is 4.79 Å². The highest BCUT2D eigenvalue weighted by Crippen LogP contribution is 2.73. The first kappa shape index (κ1) is 14.1. The van der Waals surface area contributed by atoms with Crippen LogP contribution >= 0.6 is 0 Å². The minimum atomic E-state index is -0.512. The summed E-state index contributed by atoms with van der Waals surface area (Å²) >= 11 is 0. The van der Waals surface area contributed by atoms with Gasteiger partial charge in [0.25, 0.3) is 0 Å². The molecule has 1 aliphatic carbocycles. The molecule has 0 atom stereocenters. The molecule has 106 valence electrons. The van der Waals surface area contributed by atoms with Crippen LogP contribution in [0, 0.1) is 10.8 Å². The van der Waals surface area contributed by atoms with Crippen molar-refractivity contribution in [2.24, 2.45) is 10.8 Å². The zero-order valence-electron chi connectivity index (χ0n) is 12.4. The summed E-state index contributed by atoms with van der Waals surface area (Å²) in [4.78, 5) is 16.1. The lowest BCUT2D eigenvalue weighted by molar-refractivity contribution is 0.0556. The number of ether oxygens (including phenoxy) is 2. The smallest absolute Gasteiger partial charge is 0.376 e. The Hall–Kier alpha value is -1.36. The predicted molar refractivity (Wildman–Crippen MR) is 68.9 cm³/mol. The van der Waals surface area contributed by atoms with Crippen LogP contribution < -0.4 is 0 Å². The number of hydrogen-bond donors (Lipinski definition) is 0. The van der Waals surface area contributed by atoms with Crippen molar-refractivity contribution in [2.75, 3.05) is 14.2 Å². The molecule has 1 saturated carbocycles. The number of nitrogens with zero attached hydrogens (tertiary/aromatic N) is 1. The quantitative estimate of drug-likeness (QED) is 0.785. The summed E-state index contributed by atoms with van der Waals surface area (Å²) in [6, 6.07) is 0. The molecule has 5 nitrogen and oxygen atoms in total. The van der Waals surface area contributed by atoms with Gasteiger partial charge >= 0.3 is 5.97 Å². The molecule has 2 rings (SSSR count). The van der Waals surface area contributed by atoms with Crippen molar-refractivity contribution in [3.05, 3.63) is 17.3 Å². The highest BCUT2D eigenvalue weighted by atomic mass is 16.5. The lowest BCUT2D eigenvalue weighted by Crippen LogP contribution is -2.04. The molecule has 1 aromatic heterocycles. The maximum absolute atomic E-state index is 11.7. The van der Waals surface area contributed by atoms with Gasteiger partial charge in [-0.2, -0.15) is 0 Å². The van der Waals surface area contributed by atoms with Crippen LogP contribution in [0.3, 0.4) is 0 Å². The van der Waals surface area contributed by atoms with Crippen molar-refractivity contribution in [1.29, 1.82) is 0 Å². The van der Waals surface area contributed by atoms with E-state index in [1.807, 2.05) is 0 Å². The molecular formula is C14H21NO4. The topological polar surface area (TPSA) is 61.6 Å². The van der Waals surface area contributed by atoms with Crippen LogP contribution in [-0.4, -0.2) is 25.2 Å². The van der Waals surface area contributed by atoms with Gasteiger partial charge in [0.2, 0.25) is 5.76 Å².